The van der Waals surface area contributed by atoms with Crippen LogP contribution in [0.1, 0.15) is 0 Å². The Bertz CT molecular complexity index is 832. The third-order valence-corrected chi connectivity index (χ3v) is 6.04. The molecule has 1 aromatic carbocycles. The van der Waals surface area contributed by atoms with Gasteiger partial charge in [0.1, 0.15) is 18.5 Å². The van der Waals surface area contributed by atoms with Gasteiger partial charge in [-0.2, -0.15) is 0 Å². The normalized spacial score (nSPS) is 18.4. The molecule has 8 heteroatoms. The van der Waals surface area contributed by atoms with Crippen LogP contribution in [0.3, 0.4) is 0 Å². The largest absolute Gasteiger partial charge is 0.491 e. The number of aromatic nitrogens is 1. The maximum absolute atomic E-state index is 11.4. The van der Waals surface area contributed by atoms with Crippen LogP contribution in [0.2, 0.25) is 5.02 Å². The number of aliphatic hydroxyl groups excluding tert-OH is 1. The van der Waals surface area contributed by atoms with Gasteiger partial charge in [-0.05, 0) is 29.8 Å². The quantitative estimate of drug-likeness (QED) is 0.803. The third kappa shape index (κ3) is 5.41. The molecule has 140 valence electrons. The van der Waals surface area contributed by atoms with Gasteiger partial charge in [0, 0.05) is 42.6 Å². The number of halogens is 1. The molecule has 1 fully saturated rings. The minimum atomic E-state index is -2.92. The van der Waals surface area contributed by atoms with E-state index in [9.17, 15) is 13.5 Å². The van der Waals surface area contributed by atoms with E-state index in [1.54, 1.807) is 18.5 Å². The van der Waals surface area contributed by atoms with Crippen molar-refractivity contribution < 1.29 is 18.3 Å². The van der Waals surface area contributed by atoms with E-state index in [1.165, 1.54) is 0 Å². The lowest BCUT2D eigenvalue weighted by Gasteiger charge is -2.28. The van der Waals surface area contributed by atoms with Crippen molar-refractivity contribution in [2.24, 2.45) is 0 Å². The fourth-order valence-corrected chi connectivity index (χ4v) is 4.32. The summed E-state index contributed by atoms with van der Waals surface area (Å²) in [6.07, 6.45) is 2.74. The van der Waals surface area contributed by atoms with Crippen LogP contribution in [0.5, 0.6) is 5.75 Å². The number of rotatable bonds is 6. The van der Waals surface area contributed by atoms with Gasteiger partial charge >= 0.3 is 0 Å². The molecular weight excluding hydrogens is 376 g/mol. The first-order valence-corrected chi connectivity index (χ1v) is 10.6. The van der Waals surface area contributed by atoms with E-state index < -0.39 is 15.9 Å². The first kappa shape index (κ1) is 19.1. The number of hydrogen-bond acceptors (Lipinski definition) is 6. The maximum Gasteiger partial charge on any atom is 0.152 e. The predicted molar refractivity (Wildman–Crippen MR) is 101 cm³/mol. The molecule has 2 aromatic rings. The predicted octanol–water partition coefficient (Wildman–Crippen LogP) is 1.87. The van der Waals surface area contributed by atoms with Crippen molar-refractivity contribution in [1.82, 2.24) is 9.88 Å². The van der Waals surface area contributed by atoms with E-state index in [0.717, 1.165) is 11.1 Å². The smallest absolute Gasteiger partial charge is 0.152 e. The van der Waals surface area contributed by atoms with Gasteiger partial charge in [0.05, 0.1) is 11.5 Å². The van der Waals surface area contributed by atoms with Crippen molar-refractivity contribution in [3.05, 3.63) is 47.7 Å². The molecule has 6 nitrogen and oxygen atoms in total. The molecular formula is C18H21ClN2O4S. The Balaban J connectivity index is 1.57. The highest BCUT2D eigenvalue weighted by Gasteiger charge is 2.23. The highest BCUT2D eigenvalue weighted by Crippen LogP contribution is 2.28. The van der Waals surface area contributed by atoms with Gasteiger partial charge in [-0.1, -0.05) is 17.7 Å². The molecule has 0 radical (unpaired) electrons. The van der Waals surface area contributed by atoms with Gasteiger partial charge in [-0.15, -0.1) is 0 Å². The number of benzene rings is 1. The average Bonchev–Trinajstić information content (AvgIpc) is 2.62. The topological polar surface area (TPSA) is 79.7 Å². The third-order valence-electron chi connectivity index (χ3n) is 4.21. The Morgan fingerprint density at radius 3 is 2.69 bits per heavy atom. The van der Waals surface area contributed by atoms with Crippen molar-refractivity contribution >= 4 is 21.4 Å². The van der Waals surface area contributed by atoms with Crippen molar-refractivity contribution in [1.29, 1.82) is 0 Å². The second-order valence-corrected chi connectivity index (χ2v) is 9.07. The monoisotopic (exact) mass is 396 g/mol. The lowest BCUT2D eigenvalue weighted by molar-refractivity contribution is 0.0710. The molecule has 0 saturated carbocycles. The van der Waals surface area contributed by atoms with E-state index in [4.69, 9.17) is 16.3 Å². The van der Waals surface area contributed by atoms with Crippen LogP contribution in [0.25, 0.3) is 11.1 Å². The SMILES string of the molecule is O=S1(=O)CCN(CC(O)COc2cc(Cl)cc(-c3cccnc3)c2)CC1. The highest BCUT2D eigenvalue weighted by atomic mass is 35.5. The summed E-state index contributed by atoms with van der Waals surface area (Å²) in [4.78, 5) is 6.04. The Kier molecular flexibility index (Phi) is 6.13. The molecule has 1 aliphatic heterocycles. The minimum absolute atomic E-state index is 0.107. The molecule has 1 atom stereocenters. The molecule has 0 spiro atoms. The van der Waals surface area contributed by atoms with E-state index in [1.807, 2.05) is 29.2 Å². The fraction of sp³-hybridized carbons (Fsp3) is 0.389. The van der Waals surface area contributed by atoms with Crippen LogP contribution in [-0.4, -0.2) is 67.3 Å². The summed E-state index contributed by atoms with van der Waals surface area (Å²) in [5, 5.41) is 10.7. The first-order chi connectivity index (χ1) is 12.4. The van der Waals surface area contributed by atoms with Crippen LogP contribution in [0.4, 0.5) is 0 Å². The minimum Gasteiger partial charge on any atom is -0.491 e. The number of β-amino-alcohol motifs (C(OH)–C–C–N with tert-alkyl or cyclic N) is 1. The summed E-state index contributed by atoms with van der Waals surface area (Å²) in [7, 11) is -2.92. The summed E-state index contributed by atoms with van der Waals surface area (Å²) in [5.41, 5.74) is 1.81. The molecule has 1 N–H and O–H groups in total. The van der Waals surface area contributed by atoms with Crippen LogP contribution in [0.15, 0.2) is 42.7 Å². The lowest BCUT2D eigenvalue weighted by atomic mass is 10.1. The van der Waals surface area contributed by atoms with Crippen molar-refractivity contribution in [3.63, 3.8) is 0 Å². The standard InChI is InChI=1S/C18H21ClN2O4S/c19-16-8-15(14-2-1-3-20-11-14)9-18(10-16)25-13-17(22)12-21-4-6-26(23,24)7-5-21/h1-3,8-11,17,22H,4-7,12-13H2. The van der Waals surface area contributed by atoms with Crippen molar-refractivity contribution in [2.75, 3.05) is 37.7 Å². The molecule has 0 amide bonds. The molecule has 1 aromatic heterocycles. The molecule has 3 rings (SSSR count). The lowest BCUT2D eigenvalue weighted by Crippen LogP contribution is -2.44. The Morgan fingerprint density at radius 2 is 2.00 bits per heavy atom. The number of nitrogens with zero attached hydrogens (tertiary/aromatic N) is 2. The summed E-state index contributed by atoms with van der Waals surface area (Å²) >= 11 is 6.17. The second kappa shape index (κ2) is 8.35. The van der Waals surface area contributed by atoms with Gasteiger partial charge in [0.2, 0.25) is 0 Å². The summed E-state index contributed by atoms with van der Waals surface area (Å²) < 4.78 is 28.6. The first-order valence-electron chi connectivity index (χ1n) is 8.36. The van der Waals surface area contributed by atoms with Gasteiger partial charge < -0.3 is 9.84 Å². The van der Waals surface area contributed by atoms with Crippen LogP contribution in [-0.2, 0) is 9.84 Å². The molecule has 1 aliphatic rings. The maximum atomic E-state index is 11.4. The number of hydrogen-bond donors (Lipinski definition) is 1. The van der Waals surface area contributed by atoms with E-state index >= 15 is 0 Å². The summed E-state index contributed by atoms with van der Waals surface area (Å²) in [6.45, 7) is 1.38. The fourth-order valence-electron chi connectivity index (χ4n) is 2.82. The Morgan fingerprint density at radius 1 is 1.23 bits per heavy atom. The average molecular weight is 397 g/mol. The molecule has 0 aliphatic carbocycles. The zero-order valence-electron chi connectivity index (χ0n) is 14.2. The number of sulfone groups is 1. The molecule has 1 saturated heterocycles. The summed E-state index contributed by atoms with van der Waals surface area (Å²) in [5.74, 6) is 0.851. The Labute approximate surface area is 158 Å². The van der Waals surface area contributed by atoms with Gasteiger partial charge in [-0.3, -0.25) is 9.88 Å². The number of ether oxygens (including phenoxy) is 1. The van der Waals surface area contributed by atoms with Crippen LogP contribution in [0, 0.1) is 0 Å². The van der Waals surface area contributed by atoms with E-state index in [-0.39, 0.29) is 18.1 Å². The Hall–Kier alpha value is -1.67. The van der Waals surface area contributed by atoms with E-state index in [0.29, 0.717) is 30.4 Å². The van der Waals surface area contributed by atoms with Gasteiger partial charge in [-0.25, -0.2) is 8.42 Å². The van der Waals surface area contributed by atoms with Gasteiger partial charge in [0.15, 0.2) is 9.84 Å². The van der Waals surface area contributed by atoms with Gasteiger partial charge in [0.25, 0.3) is 0 Å². The highest BCUT2D eigenvalue weighted by molar-refractivity contribution is 7.91. The number of aliphatic hydroxyl groups is 1. The van der Waals surface area contributed by atoms with Crippen LogP contribution >= 0.6 is 11.6 Å². The number of pyridine rings is 1. The van der Waals surface area contributed by atoms with E-state index in [2.05, 4.69) is 4.98 Å². The molecule has 2 heterocycles. The summed E-state index contributed by atoms with van der Waals surface area (Å²) in [6, 6.07) is 9.15. The van der Waals surface area contributed by atoms with Crippen molar-refractivity contribution in [2.45, 2.75) is 6.10 Å². The van der Waals surface area contributed by atoms with Crippen LogP contribution < -0.4 is 4.74 Å². The zero-order chi connectivity index (χ0) is 18.6. The molecule has 1 unspecified atom stereocenters. The second-order valence-electron chi connectivity index (χ2n) is 6.33. The van der Waals surface area contributed by atoms with Crippen molar-refractivity contribution in [3.8, 4) is 16.9 Å². The molecule has 0 bridgehead atoms. The molecule has 26 heavy (non-hydrogen) atoms. The zero-order valence-corrected chi connectivity index (χ0v) is 15.8.